The molecule has 0 bridgehead atoms. The third kappa shape index (κ3) is 7.48. The Labute approximate surface area is 193 Å². The van der Waals surface area contributed by atoms with Crippen LogP contribution in [-0.4, -0.2) is 54.6 Å². The average Bonchev–Trinajstić information content (AvgIpc) is 3.14. The van der Waals surface area contributed by atoms with Crippen molar-refractivity contribution in [2.45, 2.75) is 58.4 Å². The standard InChI is InChI=1S/C23H37N5.HI/c1-3-5-15-28-16-12-20(13-17-28)27-23(24-4-2)25-14-8-9-19-18-26-22-11-7-6-10-21(19)22;/h6-7,10-11,18,20,26H,3-5,8-9,12-17H2,1-2H3,(H2,24,25,27);1H. The highest BCUT2D eigenvalue weighted by molar-refractivity contribution is 14.0. The molecule has 162 valence electrons. The Morgan fingerprint density at radius 3 is 2.72 bits per heavy atom. The first-order valence-electron chi connectivity index (χ1n) is 11.1. The maximum absolute atomic E-state index is 4.83. The number of rotatable bonds is 9. The van der Waals surface area contributed by atoms with Crippen LogP contribution in [0.4, 0.5) is 0 Å². The molecule has 1 aliphatic heterocycles. The number of hydrogen-bond donors (Lipinski definition) is 3. The highest BCUT2D eigenvalue weighted by Crippen LogP contribution is 2.19. The van der Waals surface area contributed by atoms with Crippen LogP contribution in [0.25, 0.3) is 10.9 Å². The third-order valence-electron chi connectivity index (χ3n) is 5.65. The lowest BCUT2D eigenvalue weighted by molar-refractivity contribution is 0.203. The summed E-state index contributed by atoms with van der Waals surface area (Å²) < 4.78 is 0. The number of hydrogen-bond acceptors (Lipinski definition) is 2. The smallest absolute Gasteiger partial charge is 0.191 e. The highest BCUT2D eigenvalue weighted by atomic mass is 127. The van der Waals surface area contributed by atoms with Crippen LogP contribution in [-0.2, 0) is 6.42 Å². The van der Waals surface area contributed by atoms with E-state index in [2.05, 4.69) is 64.8 Å². The molecule has 6 heteroatoms. The Bertz CT molecular complexity index is 734. The van der Waals surface area contributed by atoms with Gasteiger partial charge in [0.2, 0.25) is 0 Å². The molecule has 0 unspecified atom stereocenters. The van der Waals surface area contributed by atoms with Crippen LogP contribution in [0, 0.1) is 0 Å². The van der Waals surface area contributed by atoms with Crippen LogP contribution in [0.3, 0.4) is 0 Å². The summed E-state index contributed by atoms with van der Waals surface area (Å²) in [5.41, 5.74) is 2.62. The van der Waals surface area contributed by atoms with Gasteiger partial charge in [-0.2, -0.15) is 0 Å². The van der Waals surface area contributed by atoms with E-state index in [-0.39, 0.29) is 24.0 Å². The maximum Gasteiger partial charge on any atom is 0.191 e. The van der Waals surface area contributed by atoms with Crippen molar-refractivity contribution in [3.63, 3.8) is 0 Å². The number of halogens is 1. The van der Waals surface area contributed by atoms with E-state index in [1.54, 1.807) is 0 Å². The number of H-pyrrole nitrogens is 1. The molecule has 2 heterocycles. The van der Waals surface area contributed by atoms with Crippen LogP contribution in [0.1, 0.15) is 51.5 Å². The van der Waals surface area contributed by atoms with Gasteiger partial charge in [0.1, 0.15) is 0 Å². The van der Waals surface area contributed by atoms with Crippen molar-refractivity contribution < 1.29 is 0 Å². The van der Waals surface area contributed by atoms with Gasteiger partial charge in [0.05, 0.1) is 0 Å². The summed E-state index contributed by atoms with van der Waals surface area (Å²) >= 11 is 0. The molecule has 1 aliphatic rings. The lowest BCUT2D eigenvalue weighted by Crippen LogP contribution is -2.48. The van der Waals surface area contributed by atoms with Crippen molar-refractivity contribution in [3.8, 4) is 0 Å². The Kier molecular flexibility index (Phi) is 10.8. The normalized spacial score (nSPS) is 16.0. The van der Waals surface area contributed by atoms with Crippen molar-refractivity contribution in [3.05, 3.63) is 36.0 Å². The van der Waals surface area contributed by atoms with Gasteiger partial charge in [-0.15, -0.1) is 24.0 Å². The third-order valence-corrected chi connectivity index (χ3v) is 5.65. The molecule has 0 aliphatic carbocycles. The summed E-state index contributed by atoms with van der Waals surface area (Å²) in [6.07, 6.45) is 9.29. The second-order valence-corrected chi connectivity index (χ2v) is 7.84. The van der Waals surface area contributed by atoms with Crippen molar-refractivity contribution in [1.82, 2.24) is 20.5 Å². The number of benzene rings is 1. The zero-order valence-electron chi connectivity index (χ0n) is 18.0. The Morgan fingerprint density at radius 1 is 1.17 bits per heavy atom. The first-order valence-corrected chi connectivity index (χ1v) is 11.1. The molecule has 0 saturated carbocycles. The summed E-state index contributed by atoms with van der Waals surface area (Å²) in [5.74, 6) is 0.980. The zero-order valence-corrected chi connectivity index (χ0v) is 20.4. The Hall–Kier alpha value is -1.28. The number of aryl methyl sites for hydroxylation is 1. The van der Waals surface area contributed by atoms with E-state index < -0.39 is 0 Å². The van der Waals surface area contributed by atoms with Gasteiger partial charge in [-0.1, -0.05) is 31.5 Å². The largest absolute Gasteiger partial charge is 0.361 e. The van der Waals surface area contributed by atoms with Gasteiger partial charge < -0.3 is 20.5 Å². The second kappa shape index (κ2) is 13.1. The fourth-order valence-electron chi connectivity index (χ4n) is 3.99. The van der Waals surface area contributed by atoms with Crippen molar-refractivity contribution >= 4 is 40.8 Å². The topological polar surface area (TPSA) is 55.5 Å². The average molecular weight is 511 g/mol. The van der Waals surface area contributed by atoms with E-state index in [0.717, 1.165) is 31.9 Å². The minimum absolute atomic E-state index is 0. The number of unbranched alkanes of at least 4 members (excludes halogenated alkanes) is 1. The predicted octanol–water partition coefficient (Wildman–Crippen LogP) is 4.54. The molecule has 3 N–H and O–H groups in total. The molecule has 1 aromatic carbocycles. The second-order valence-electron chi connectivity index (χ2n) is 7.84. The lowest BCUT2D eigenvalue weighted by atomic mass is 10.0. The molecular weight excluding hydrogens is 473 g/mol. The number of guanidine groups is 1. The number of aliphatic imine (C=N–C) groups is 1. The Balaban J connectivity index is 0.00000300. The fourth-order valence-corrected chi connectivity index (χ4v) is 3.99. The molecule has 1 saturated heterocycles. The van der Waals surface area contributed by atoms with Gasteiger partial charge in [0.15, 0.2) is 5.96 Å². The van der Waals surface area contributed by atoms with Crippen LogP contribution in [0.2, 0.25) is 0 Å². The first-order chi connectivity index (χ1) is 13.8. The number of nitrogens with one attached hydrogen (secondary N) is 3. The van der Waals surface area contributed by atoms with E-state index in [1.165, 1.54) is 61.8 Å². The molecule has 1 fully saturated rings. The number of aromatic nitrogens is 1. The number of piperidine rings is 1. The molecule has 3 rings (SSSR count). The molecule has 5 nitrogen and oxygen atoms in total. The van der Waals surface area contributed by atoms with Crippen molar-refractivity contribution in [2.75, 3.05) is 32.7 Å². The maximum atomic E-state index is 4.83. The van der Waals surface area contributed by atoms with Crippen LogP contribution in [0.5, 0.6) is 0 Å². The Morgan fingerprint density at radius 2 is 1.97 bits per heavy atom. The minimum atomic E-state index is 0. The van der Waals surface area contributed by atoms with E-state index in [9.17, 15) is 0 Å². The van der Waals surface area contributed by atoms with E-state index in [1.807, 2.05) is 0 Å². The summed E-state index contributed by atoms with van der Waals surface area (Å²) in [5, 5.41) is 8.42. The SMILES string of the molecule is CCCCN1CCC(NC(=NCCCc2c[nH]c3ccccc23)NCC)CC1.I. The van der Waals surface area contributed by atoms with Gasteiger partial charge in [-0.25, -0.2) is 0 Å². The number of fused-ring (bicyclic) bond motifs is 1. The van der Waals surface area contributed by atoms with E-state index in [4.69, 9.17) is 4.99 Å². The number of nitrogens with zero attached hydrogens (tertiary/aromatic N) is 2. The minimum Gasteiger partial charge on any atom is -0.361 e. The van der Waals surface area contributed by atoms with Crippen molar-refractivity contribution in [2.24, 2.45) is 4.99 Å². The number of likely N-dealkylation sites (tertiary alicyclic amines) is 1. The summed E-state index contributed by atoms with van der Waals surface area (Å²) in [4.78, 5) is 10.8. The molecule has 0 atom stereocenters. The molecule has 1 aromatic heterocycles. The van der Waals surface area contributed by atoms with Gasteiger partial charge >= 0.3 is 0 Å². The summed E-state index contributed by atoms with van der Waals surface area (Å²) in [6, 6.07) is 9.07. The summed E-state index contributed by atoms with van der Waals surface area (Å²) in [7, 11) is 0. The highest BCUT2D eigenvalue weighted by Gasteiger charge is 2.19. The molecule has 29 heavy (non-hydrogen) atoms. The van der Waals surface area contributed by atoms with Crippen LogP contribution < -0.4 is 10.6 Å². The molecular formula is C23H38IN5. The first kappa shape index (κ1) is 24.0. The van der Waals surface area contributed by atoms with Gasteiger partial charge in [-0.05, 0) is 57.2 Å². The van der Waals surface area contributed by atoms with Gasteiger partial charge in [0, 0.05) is 49.3 Å². The van der Waals surface area contributed by atoms with E-state index >= 15 is 0 Å². The number of aromatic amines is 1. The molecule has 0 amide bonds. The molecule has 0 spiro atoms. The van der Waals surface area contributed by atoms with Crippen LogP contribution >= 0.6 is 24.0 Å². The molecule has 2 aromatic rings. The van der Waals surface area contributed by atoms with E-state index in [0.29, 0.717) is 6.04 Å². The zero-order chi connectivity index (χ0) is 19.6. The lowest BCUT2D eigenvalue weighted by Gasteiger charge is -2.33. The number of para-hydroxylation sites is 1. The fraction of sp³-hybridized carbons (Fsp3) is 0.609. The summed E-state index contributed by atoms with van der Waals surface area (Å²) in [6.45, 7) is 9.83. The quantitative estimate of drug-likeness (QED) is 0.201. The predicted molar refractivity (Wildman–Crippen MR) is 136 cm³/mol. The molecule has 0 radical (unpaired) electrons. The van der Waals surface area contributed by atoms with Crippen molar-refractivity contribution in [1.29, 1.82) is 0 Å². The van der Waals surface area contributed by atoms with Gasteiger partial charge in [-0.3, -0.25) is 4.99 Å². The monoisotopic (exact) mass is 511 g/mol. The van der Waals surface area contributed by atoms with Gasteiger partial charge in [0.25, 0.3) is 0 Å². The van der Waals surface area contributed by atoms with Crippen LogP contribution in [0.15, 0.2) is 35.5 Å².